The number of rotatable bonds is 3. The molecule has 25 heavy (non-hydrogen) atoms. The summed E-state index contributed by atoms with van der Waals surface area (Å²) < 4.78 is 1.49. The van der Waals surface area contributed by atoms with E-state index in [0.717, 1.165) is 10.9 Å². The summed E-state index contributed by atoms with van der Waals surface area (Å²) in [6.45, 7) is 0. The van der Waals surface area contributed by atoms with Crippen LogP contribution in [-0.2, 0) is 0 Å². The number of carbonyl (C=O) groups is 1. The summed E-state index contributed by atoms with van der Waals surface area (Å²) >= 11 is 0. The van der Waals surface area contributed by atoms with Crippen molar-refractivity contribution in [1.82, 2.24) is 24.9 Å². The number of para-hydroxylation sites is 1. The number of hydrogen-bond donors (Lipinski definition) is 3. The first-order chi connectivity index (χ1) is 12.1. The minimum absolute atomic E-state index is 0.0986. The van der Waals surface area contributed by atoms with Crippen molar-refractivity contribution in [3.8, 4) is 0 Å². The van der Waals surface area contributed by atoms with E-state index in [2.05, 4.69) is 20.4 Å². The lowest BCUT2D eigenvalue weighted by Crippen LogP contribution is -2.30. The van der Waals surface area contributed by atoms with Crippen molar-refractivity contribution in [3.05, 3.63) is 66.0 Å². The number of anilines is 1. The van der Waals surface area contributed by atoms with E-state index in [9.17, 15) is 9.90 Å². The van der Waals surface area contributed by atoms with Crippen molar-refractivity contribution >= 4 is 28.6 Å². The van der Waals surface area contributed by atoms with Crippen molar-refractivity contribution in [2.45, 2.75) is 6.04 Å². The van der Waals surface area contributed by atoms with Crippen LogP contribution < -0.4 is 11.1 Å². The number of hydrogen-bond acceptors (Lipinski definition) is 5. The molecule has 0 spiro atoms. The smallest absolute Gasteiger partial charge is 0.405 e. The van der Waals surface area contributed by atoms with E-state index in [0.29, 0.717) is 17.0 Å². The second-order valence-electron chi connectivity index (χ2n) is 5.49. The van der Waals surface area contributed by atoms with Crippen molar-refractivity contribution in [1.29, 1.82) is 0 Å². The van der Waals surface area contributed by atoms with E-state index < -0.39 is 12.1 Å². The van der Waals surface area contributed by atoms with Gasteiger partial charge in [0.05, 0.1) is 5.52 Å². The number of fused-ring (bicyclic) bond motifs is 3. The van der Waals surface area contributed by atoms with Crippen LogP contribution in [0.15, 0.2) is 54.6 Å². The second kappa shape index (κ2) is 5.75. The van der Waals surface area contributed by atoms with Crippen molar-refractivity contribution in [2.24, 2.45) is 0 Å². The van der Waals surface area contributed by atoms with Crippen LogP contribution in [0, 0.1) is 0 Å². The molecule has 0 aliphatic rings. The van der Waals surface area contributed by atoms with Gasteiger partial charge >= 0.3 is 6.09 Å². The Morgan fingerprint density at radius 2 is 1.80 bits per heavy atom. The molecule has 2 aromatic carbocycles. The normalized spacial score (nSPS) is 12.3. The summed E-state index contributed by atoms with van der Waals surface area (Å²) in [7, 11) is 0. The summed E-state index contributed by atoms with van der Waals surface area (Å²) in [5.74, 6) is 0.494. The number of amides is 1. The number of carboxylic acid groups (broad SMARTS) is 1. The average molecular weight is 334 g/mol. The van der Waals surface area contributed by atoms with Gasteiger partial charge in [-0.15, -0.1) is 5.10 Å². The predicted octanol–water partition coefficient (Wildman–Crippen LogP) is 2.22. The Morgan fingerprint density at radius 3 is 2.56 bits per heavy atom. The van der Waals surface area contributed by atoms with Crippen LogP contribution in [-0.4, -0.2) is 30.8 Å². The molecular formula is C17H14N6O2. The molecule has 8 nitrogen and oxygen atoms in total. The van der Waals surface area contributed by atoms with Crippen LogP contribution in [0.4, 0.5) is 10.7 Å². The molecule has 0 radical (unpaired) electrons. The number of nitrogens with one attached hydrogen (secondary N) is 1. The molecule has 1 amide bonds. The Labute approximate surface area is 141 Å². The summed E-state index contributed by atoms with van der Waals surface area (Å²) in [6, 6.07) is 15.9. The number of benzene rings is 2. The SMILES string of the molecule is Nc1nc2c3ccccc3nc(C(NC(=O)O)c3ccccc3)n2n1. The Kier molecular flexibility index (Phi) is 3.42. The van der Waals surface area contributed by atoms with Crippen molar-refractivity contribution in [3.63, 3.8) is 0 Å². The molecule has 0 bridgehead atoms. The monoisotopic (exact) mass is 334 g/mol. The fourth-order valence-corrected chi connectivity index (χ4v) is 2.85. The molecule has 0 aliphatic carbocycles. The largest absolute Gasteiger partial charge is 0.465 e. The lowest BCUT2D eigenvalue weighted by molar-refractivity contribution is 0.191. The quantitative estimate of drug-likeness (QED) is 0.528. The molecule has 1 atom stereocenters. The summed E-state index contributed by atoms with van der Waals surface area (Å²) in [4.78, 5) is 20.2. The Morgan fingerprint density at radius 1 is 1.08 bits per heavy atom. The van der Waals surface area contributed by atoms with Gasteiger partial charge in [-0.05, 0) is 17.7 Å². The Hall–Kier alpha value is -3.68. The van der Waals surface area contributed by atoms with Gasteiger partial charge in [0.1, 0.15) is 6.04 Å². The minimum Gasteiger partial charge on any atom is -0.465 e. The molecule has 2 aromatic heterocycles. The van der Waals surface area contributed by atoms with Crippen LogP contribution in [0.2, 0.25) is 0 Å². The maximum absolute atomic E-state index is 11.4. The van der Waals surface area contributed by atoms with Crippen LogP contribution in [0.3, 0.4) is 0 Å². The van der Waals surface area contributed by atoms with Gasteiger partial charge < -0.3 is 16.2 Å². The lowest BCUT2D eigenvalue weighted by Gasteiger charge is -2.18. The Balaban J connectivity index is 2.03. The first-order valence-corrected chi connectivity index (χ1v) is 7.59. The third-order valence-corrected chi connectivity index (χ3v) is 3.88. The third-order valence-electron chi connectivity index (χ3n) is 3.88. The van der Waals surface area contributed by atoms with Gasteiger partial charge in [-0.3, -0.25) is 0 Å². The van der Waals surface area contributed by atoms with E-state index in [1.807, 2.05) is 54.6 Å². The zero-order valence-corrected chi connectivity index (χ0v) is 13.0. The fraction of sp³-hybridized carbons (Fsp3) is 0.0588. The van der Waals surface area contributed by atoms with Gasteiger partial charge in [0.15, 0.2) is 11.5 Å². The first kappa shape index (κ1) is 14.9. The number of nitrogen functional groups attached to an aromatic ring is 1. The molecule has 8 heteroatoms. The highest BCUT2D eigenvalue weighted by atomic mass is 16.4. The van der Waals surface area contributed by atoms with E-state index in [-0.39, 0.29) is 5.95 Å². The van der Waals surface area contributed by atoms with Crippen LogP contribution in [0.5, 0.6) is 0 Å². The highest BCUT2D eigenvalue weighted by molar-refractivity contribution is 5.91. The maximum Gasteiger partial charge on any atom is 0.405 e. The third kappa shape index (κ3) is 2.59. The molecule has 0 saturated heterocycles. The fourth-order valence-electron chi connectivity index (χ4n) is 2.85. The molecule has 0 aliphatic heterocycles. The van der Waals surface area contributed by atoms with Crippen molar-refractivity contribution < 1.29 is 9.90 Å². The number of aromatic nitrogens is 4. The molecule has 0 saturated carbocycles. The molecular weight excluding hydrogens is 320 g/mol. The first-order valence-electron chi connectivity index (χ1n) is 7.59. The van der Waals surface area contributed by atoms with Gasteiger partial charge in [0, 0.05) is 5.39 Å². The highest BCUT2D eigenvalue weighted by Gasteiger charge is 2.23. The molecule has 0 fully saturated rings. The summed E-state index contributed by atoms with van der Waals surface area (Å²) in [5.41, 5.74) is 7.74. The standard InChI is InChI=1S/C17H14N6O2/c18-16-21-14-11-8-4-5-9-12(11)19-15(23(14)22-16)13(20-17(24)25)10-6-2-1-3-7-10/h1-9,13,20H,(H2,18,22)(H,24,25). The molecule has 4 aromatic rings. The number of nitrogens with zero attached hydrogens (tertiary/aromatic N) is 4. The van der Waals surface area contributed by atoms with Crippen LogP contribution in [0.25, 0.3) is 16.6 Å². The molecule has 4 N–H and O–H groups in total. The molecule has 2 heterocycles. The molecule has 4 rings (SSSR count). The molecule has 124 valence electrons. The van der Waals surface area contributed by atoms with Gasteiger partial charge in [-0.2, -0.15) is 9.50 Å². The van der Waals surface area contributed by atoms with Gasteiger partial charge in [-0.25, -0.2) is 9.78 Å². The zero-order valence-electron chi connectivity index (χ0n) is 13.0. The zero-order chi connectivity index (χ0) is 17.4. The molecule has 1 unspecified atom stereocenters. The average Bonchev–Trinajstić information content (AvgIpc) is 3.01. The van der Waals surface area contributed by atoms with E-state index >= 15 is 0 Å². The van der Waals surface area contributed by atoms with Crippen molar-refractivity contribution in [2.75, 3.05) is 5.73 Å². The lowest BCUT2D eigenvalue weighted by atomic mass is 10.1. The summed E-state index contributed by atoms with van der Waals surface area (Å²) in [6.07, 6.45) is -1.16. The highest BCUT2D eigenvalue weighted by Crippen LogP contribution is 2.25. The van der Waals surface area contributed by atoms with Gasteiger partial charge in [0.2, 0.25) is 5.95 Å². The van der Waals surface area contributed by atoms with E-state index in [1.165, 1.54) is 4.52 Å². The second-order valence-corrected chi connectivity index (χ2v) is 5.49. The van der Waals surface area contributed by atoms with Crippen LogP contribution in [0.1, 0.15) is 17.4 Å². The van der Waals surface area contributed by atoms with Crippen LogP contribution >= 0.6 is 0 Å². The summed E-state index contributed by atoms with van der Waals surface area (Å²) in [5, 5.41) is 16.8. The minimum atomic E-state index is -1.16. The number of nitrogens with two attached hydrogens (primary N) is 1. The topological polar surface area (TPSA) is 118 Å². The maximum atomic E-state index is 11.4. The van der Waals surface area contributed by atoms with Gasteiger partial charge in [-0.1, -0.05) is 42.5 Å². The van der Waals surface area contributed by atoms with Gasteiger partial charge in [0.25, 0.3) is 0 Å². The predicted molar refractivity (Wildman–Crippen MR) is 92.1 cm³/mol. The van der Waals surface area contributed by atoms with E-state index in [4.69, 9.17) is 5.73 Å². The van der Waals surface area contributed by atoms with E-state index in [1.54, 1.807) is 0 Å². The Bertz CT molecular complexity index is 1080.